The molecule has 3 N–H and O–H groups in total. The van der Waals surface area contributed by atoms with Gasteiger partial charge in [-0.25, -0.2) is 0 Å². The molecule has 0 aromatic heterocycles. The average Bonchev–Trinajstić information content (AvgIpc) is 2.28. The third-order valence-electron chi connectivity index (χ3n) is 2.31. The van der Waals surface area contributed by atoms with Gasteiger partial charge in [0.25, 0.3) is 0 Å². The van der Waals surface area contributed by atoms with Gasteiger partial charge in [0.2, 0.25) is 0 Å². The van der Waals surface area contributed by atoms with Gasteiger partial charge in [0.15, 0.2) is 5.96 Å². The van der Waals surface area contributed by atoms with Crippen LogP contribution in [-0.4, -0.2) is 68.1 Å². The summed E-state index contributed by atoms with van der Waals surface area (Å²) >= 11 is 0. The van der Waals surface area contributed by atoms with Gasteiger partial charge in [-0.3, -0.25) is 4.99 Å². The second-order valence-corrected chi connectivity index (χ2v) is 3.70. The Labute approximate surface area is 119 Å². The number of aliphatic hydroxyl groups excluding tert-OH is 1. The molecule has 7 heteroatoms. The number of aliphatic hydroxyl groups is 1. The molecule has 1 aliphatic rings. The molecule has 0 radical (unpaired) electrons. The molecule has 1 rings (SSSR count). The maximum Gasteiger partial charge on any atom is 0.191 e. The molecular formula is C10H22IN3O3. The van der Waals surface area contributed by atoms with Gasteiger partial charge in [-0.1, -0.05) is 0 Å². The summed E-state index contributed by atoms with van der Waals surface area (Å²) in [4.78, 5) is 6.23. The molecule has 6 nitrogen and oxygen atoms in total. The lowest BCUT2D eigenvalue weighted by Gasteiger charge is -2.31. The monoisotopic (exact) mass is 359 g/mol. The minimum absolute atomic E-state index is 0. The molecule has 0 bridgehead atoms. The zero-order valence-electron chi connectivity index (χ0n) is 10.2. The van der Waals surface area contributed by atoms with E-state index in [2.05, 4.69) is 4.99 Å². The van der Waals surface area contributed by atoms with Gasteiger partial charge in [-0.2, -0.15) is 0 Å². The number of guanidine groups is 1. The lowest BCUT2D eigenvalue weighted by atomic mass is 10.3. The van der Waals surface area contributed by atoms with Crippen molar-refractivity contribution in [3.63, 3.8) is 0 Å². The van der Waals surface area contributed by atoms with Crippen molar-refractivity contribution in [1.82, 2.24) is 4.90 Å². The van der Waals surface area contributed by atoms with Crippen LogP contribution in [0.4, 0.5) is 0 Å². The smallest absolute Gasteiger partial charge is 0.191 e. The Hall–Kier alpha value is -0.120. The van der Waals surface area contributed by atoms with Crippen LogP contribution in [0.25, 0.3) is 0 Å². The fourth-order valence-electron chi connectivity index (χ4n) is 1.52. The van der Waals surface area contributed by atoms with E-state index in [-0.39, 0.29) is 36.7 Å². The summed E-state index contributed by atoms with van der Waals surface area (Å²) in [6.07, 6.45) is 0.202. The second-order valence-electron chi connectivity index (χ2n) is 3.70. The molecular weight excluding hydrogens is 337 g/mol. The van der Waals surface area contributed by atoms with Gasteiger partial charge >= 0.3 is 0 Å². The standard InChI is InChI=1S/C10H21N3O3.HI/c1-9-8-13(3-6-16-9)10(11)12-2-5-15-7-4-14;/h9,14H,2-8H2,1H3,(H2,11,12);1H. The second kappa shape index (κ2) is 9.86. The molecule has 0 spiro atoms. The summed E-state index contributed by atoms with van der Waals surface area (Å²) in [5.74, 6) is 0.544. The minimum atomic E-state index is 0. The molecule has 1 fully saturated rings. The van der Waals surface area contributed by atoms with E-state index in [0.717, 1.165) is 13.1 Å². The number of hydrogen-bond acceptors (Lipinski definition) is 4. The molecule has 0 saturated carbocycles. The molecule has 1 aliphatic heterocycles. The van der Waals surface area contributed by atoms with Crippen molar-refractivity contribution in [1.29, 1.82) is 0 Å². The van der Waals surface area contributed by atoms with Gasteiger partial charge in [0, 0.05) is 13.1 Å². The Morgan fingerprint density at radius 2 is 2.35 bits per heavy atom. The molecule has 1 heterocycles. The predicted octanol–water partition coefficient (Wildman–Crippen LogP) is -0.351. The van der Waals surface area contributed by atoms with Crippen LogP contribution in [0.3, 0.4) is 0 Å². The number of nitrogens with zero attached hydrogens (tertiary/aromatic N) is 2. The molecule has 1 atom stereocenters. The van der Waals surface area contributed by atoms with Gasteiger partial charge in [-0.05, 0) is 6.92 Å². The van der Waals surface area contributed by atoms with Gasteiger partial charge in [0.1, 0.15) is 0 Å². The first kappa shape index (κ1) is 16.9. The predicted molar refractivity (Wildman–Crippen MR) is 76.8 cm³/mol. The van der Waals surface area contributed by atoms with E-state index in [0.29, 0.717) is 32.3 Å². The number of halogens is 1. The maximum absolute atomic E-state index is 8.50. The number of rotatable bonds is 5. The lowest BCUT2D eigenvalue weighted by molar-refractivity contribution is 0.00523. The molecule has 0 amide bonds. The maximum atomic E-state index is 8.50. The van der Waals surface area contributed by atoms with Crippen molar-refractivity contribution in [2.75, 3.05) is 46.1 Å². The van der Waals surface area contributed by atoms with Crippen molar-refractivity contribution < 1.29 is 14.6 Å². The topological polar surface area (TPSA) is 80.3 Å². The third-order valence-corrected chi connectivity index (χ3v) is 2.31. The van der Waals surface area contributed by atoms with Crippen LogP contribution in [0.5, 0.6) is 0 Å². The first-order chi connectivity index (χ1) is 7.74. The highest BCUT2D eigenvalue weighted by Gasteiger charge is 2.17. The highest BCUT2D eigenvalue weighted by atomic mass is 127. The Bertz CT molecular complexity index is 229. The zero-order valence-corrected chi connectivity index (χ0v) is 12.5. The first-order valence-electron chi connectivity index (χ1n) is 5.59. The van der Waals surface area contributed by atoms with Gasteiger partial charge in [0.05, 0.1) is 39.1 Å². The average molecular weight is 359 g/mol. The first-order valence-corrected chi connectivity index (χ1v) is 5.59. The highest BCUT2D eigenvalue weighted by Crippen LogP contribution is 2.03. The molecule has 0 aliphatic carbocycles. The van der Waals surface area contributed by atoms with Gasteiger partial charge < -0.3 is 25.2 Å². The summed E-state index contributed by atoms with van der Waals surface area (Å²) < 4.78 is 10.5. The third kappa shape index (κ3) is 7.02. The van der Waals surface area contributed by atoms with Crippen LogP contribution >= 0.6 is 24.0 Å². The molecule has 0 aromatic rings. The van der Waals surface area contributed by atoms with Crippen LogP contribution in [0.2, 0.25) is 0 Å². The number of morpholine rings is 1. The van der Waals surface area contributed by atoms with Crippen molar-refractivity contribution in [3.8, 4) is 0 Å². The fraction of sp³-hybridized carbons (Fsp3) is 0.900. The molecule has 1 unspecified atom stereocenters. The van der Waals surface area contributed by atoms with Crippen LogP contribution < -0.4 is 5.73 Å². The Morgan fingerprint density at radius 1 is 1.59 bits per heavy atom. The number of nitrogens with two attached hydrogens (primary N) is 1. The highest BCUT2D eigenvalue weighted by molar-refractivity contribution is 14.0. The molecule has 1 saturated heterocycles. The van der Waals surface area contributed by atoms with Crippen molar-refractivity contribution in [3.05, 3.63) is 0 Å². The van der Waals surface area contributed by atoms with E-state index in [9.17, 15) is 0 Å². The van der Waals surface area contributed by atoms with Crippen LogP contribution in [-0.2, 0) is 9.47 Å². The van der Waals surface area contributed by atoms with E-state index in [4.69, 9.17) is 20.3 Å². The normalized spacial score (nSPS) is 21.2. The fourth-order valence-corrected chi connectivity index (χ4v) is 1.52. The molecule has 17 heavy (non-hydrogen) atoms. The van der Waals surface area contributed by atoms with E-state index in [1.807, 2.05) is 11.8 Å². The summed E-state index contributed by atoms with van der Waals surface area (Å²) in [6.45, 7) is 5.69. The quantitative estimate of drug-likeness (QED) is 0.304. The summed E-state index contributed by atoms with van der Waals surface area (Å²) in [5, 5.41) is 8.50. The van der Waals surface area contributed by atoms with E-state index in [1.165, 1.54) is 0 Å². The number of aliphatic imine (C=N–C) groups is 1. The summed E-state index contributed by atoms with van der Waals surface area (Å²) in [7, 11) is 0. The van der Waals surface area contributed by atoms with E-state index >= 15 is 0 Å². The van der Waals surface area contributed by atoms with Crippen LogP contribution in [0.15, 0.2) is 4.99 Å². The Kier molecular flexibility index (Phi) is 9.79. The summed E-state index contributed by atoms with van der Waals surface area (Å²) in [6, 6.07) is 0. The molecule has 102 valence electrons. The Balaban J connectivity index is 0.00000256. The minimum Gasteiger partial charge on any atom is -0.394 e. The van der Waals surface area contributed by atoms with Crippen LogP contribution in [0, 0.1) is 0 Å². The largest absolute Gasteiger partial charge is 0.394 e. The Morgan fingerprint density at radius 3 is 3.00 bits per heavy atom. The van der Waals surface area contributed by atoms with Crippen molar-refractivity contribution >= 4 is 29.9 Å². The lowest BCUT2D eigenvalue weighted by Crippen LogP contribution is -2.48. The van der Waals surface area contributed by atoms with Gasteiger partial charge in [-0.15, -0.1) is 24.0 Å². The zero-order chi connectivity index (χ0) is 11.8. The van der Waals surface area contributed by atoms with Crippen molar-refractivity contribution in [2.45, 2.75) is 13.0 Å². The van der Waals surface area contributed by atoms with Crippen molar-refractivity contribution in [2.24, 2.45) is 10.7 Å². The number of hydrogen-bond donors (Lipinski definition) is 2. The molecule has 0 aromatic carbocycles. The van der Waals surface area contributed by atoms with E-state index < -0.39 is 0 Å². The number of ether oxygens (including phenoxy) is 2. The SMILES string of the molecule is CC1CN(C(N)=NCCOCCO)CCO1.I. The van der Waals surface area contributed by atoms with E-state index in [1.54, 1.807) is 0 Å². The summed E-state index contributed by atoms with van der Waals surface area (Å²) in [5.41, 5.74) is 5.84. The van der Waals surface area contributed by atoms with Crippen LogP contribution in [0.1, 0.15) is 6.92 Å².